The van der Waals surface area contributed by atoms with Crippen LogP contribution in [0.5, 0.6) is 0 Å². The molecule has 1 rings (SSSR count). The Hall–Kier alpha value is 0.180. The molecular formula is C9H8Br2OS. The third-order valence-corrected chi connectivity index (χ3v) is 3.90. The monoisotopic (exact) mass is 322 g/mol. The summed E-state index contributed by atoms with van der Waals surface area (Å²) < 4.78 is 1.97. The summed E-state index contributed by atoms with van der Waals surface area (Å²) in [6, 6.07) is 1.91. The molecule has 0 aliphatic rings. The first-order valence-corrected chi connectivity index (χ1v) is 6.07. The van der Waals surface area contributed by atoms with Crippen LogP contribution in [0.25, 0.3) is 0 Å². The van der Waals surface area contributed by atoms with Gasteiger partial charge in [-0.2, -0.15) is 0 Å². The van der Waals surface area contributed by atoms with Crippen LogP contribution in [-0.4, -0.2) is 5.11 Å². The zero-order chi connectivity index (χ0) is 9.84. The van der Waals surface area contributed by atoms with E-state index in [4.69, 9.17) is 0 Å². The Balaban J connectivity index is 2.79. The highest BCUT2D eigenvalue weighted by molar-refractivity contribution is 9.12. The van der Waals surface area contributed by atoms with Gasteiger partial charge in [0.25, 0.3) is 0 Å². The maximum Gasteiger partial charge on any atom is 0.0918 e. The molecule has 1 atom stereocenters. The SMILES string of the molecule is CC#CCC(O)c1cc(Br)sc1Br. The lowest BCUT2D eigenvalue weighted by molar-refractivity contribution is 0.184. The lowest BCUT2D eigenvalue weighted by Gasteiger charge is -2.04. The van der Waals surface area contributed by atoms with Gasteiger partial charge in [-0.05, 0) is 44.8 Å². The Labute approximate surface area is 98.4 Å². The molecule has 1 N–H and O–H groups in total. The van der Waals surface area contributed by atoms with Crippen LogP contribution in [-0.2, 0) is 0 Å². The first-order chi connectivity index (χ1) is 6.15. The Morgan fingerprint density at radius 3 is 2.77 bits per heavy atom. The predicted octanol–water partition coefficient (Wildman–Crippen LogP) is 3.72. The summed E-state index contributed by atoms with van der Waals surface area (Å²) >= 11 is 8.31. The lowest BCUT2D eigenvalue weighted by Crippen LogP contribution is -1.93. The number of rotatable bonds is 2. The van der Waals surface area contributed by atoms with E-state index < -0.39 is 6.10 Å². The van der Waals surface area contributed by atoms with Crippen molar-refractivity contribution in [3.05, 3.63) is 19.2 Å². The summed E-state index contributed by atoms with van der Waals surface area (Å²) in [4.78, 5) is 0. The molecule has 0 spiro atoms. The molecule has 1 aromatic rings. The Morgan fingerprint density at radius 2 is 2.31 bits per heavy atom. The molecular weight excluding hydrogens is 316 g/mol. The van der Waals surface area contributed by atoms with Crippen molar-refractivity contribution in [1.29, 1.82) is 0 Å². The van der Waals surface area contributed by atoms with Crippen molar-refractivity contribution in [2.75, 3.05) is 0 Å². The molecule has 70 valence electrons. The fourth-order valence-electron chi connectivity index (χ4n) is 0.889. The van der Waals surface area contributed by atoms with Gasteiger partial charge in [-0.25, -0.2) is 0 Å². The average Bonchev–Trinajstić information content (AvgIpc) is 2.41. The van der Waals surface area contributed by atoms with Crippen LogP contribution in [0.15, 0.2) is 13.6 Å². The van der Waals surface area contributed by atoms with Crippen molar-refractivity contribution in [2.45, 2.75) is 19.4 Å². The minimum Gasteiger partial charge on any atom is -0.387 e. The highest BCUT2D eigenvalue weighted by atomic mass is 79.9. The van der Waals surface area contributed by atoms with Crippen molar-refractivity contribution < 1.29 is 5.11 Å². The molecule has 1 unspecified atom stereocenters. The summed E-state index contributed by atoms with van der Waals surface area (Å²) in [6.07, 6.45) is -0.0116. The molecule has 0 saturated heterocycles. The third-order valence-electron chi connectivity index (χ3n) is 1.51. The Bertz CT molecular complexity index is 348. The lowest BCUT2D eigenvalue weighted by atomic mass is 10.1. The molecule has 0 fully saturated rings. The van der Waals surface area contributed by atoms with Crippen molar-refractivity contribution in [2.24, 2.45) is 0 Å². The molecule has 1 heterocycles. The number of hydrogen-bond acceptors (Lipinski definition) is 2. The van der Waals surface area contributed by atoms with Gasteiger partial charge >= 0.3 is 0 Å². The quantitative estimate of drug-likeness (QED) is 0.822. The van der Waals surface area contributed by atoms with Gasteiger partial charge in [0, 0.05) is 12.0 Å². The van der Waals surface area contributed by atoms with Crippen molar-refractivity contribution >= 4 is 43.2 Å². The van der Waals surface area contributed by atoms with E-state index in [0.717, 1.165) is 13.1 Å². The van der Waals surface area contributed by atoms with Gasteiger partial charge < -0.3 is 5.11 Å². The molecule has 1 aromatic heterocycles. The van der Waals surface area contributed by atoms with E-state index in [1.54, 1.807) is 18.3 Å². The van der Waals surface area contributed by atoms with E-state index >= 15 is 0 Å². The highest BCUT2D eigenvalue weighted by Gasteiger charge is 2.12. The van der Waals surface area contributed by atoms with E-state index in [2.05, 4.69) is 43.7 Å². The van der Waals surface area contributed by atoms with E-state index in [-0.39, 0.29) is 0 Å². The zero-order valence-electron chi connectivity index (χ0n) is 6.97. The van der Waals surface area contributed by atoms with Gasteiger partial charge in [-0.1, -0.05) is 0 Å². The molecule has 4 heteroatoms. The zero-order valence-corrected chi connectivity index (χ0v) is 11.0. The van der Waals surface area contributed by atoms with Gasteiger partial charge in [0.1, 0.15) is 0 Å². The summed E-state index contributed by atoms with van der Waals surface area (Å²) in [7, 11) is 0. The molecule has 0 saturated carbocycles. The van der Waals surface area contributed by atoms with Gasteiger partial charge in [0.2, 0.25) is 0 Å². The summed E-state index contributed by atoms with van der Waals surface area (Å²) in [6.45, 7) is 1.77. The topological polar surface area (TPSA) is 20.2 Å². The van der Waals surface area contributed by atoms with Crippen molar-refractivity contribution in [3.63, 3.8) is 0 Å². The minimum atomic E-state index is -0.496. The molecule has 0 aliphatic carbocycles. The largest absolute Gasteiger partial charge is 0.387 e. The smallest absolute Gasteiger partial charge is 0.0918 e. The van der Waals surface area contributed by atoms with E-state index in [9.17, 15) is 5.11 Å². The average molecular weight is 324 g/mol. The van der Waals surface area contributed by atoms with Crippen molar-refractivity contribution in [1.82, 2.24) is 0 Å². The van der Waals surface area contributed by atoms with Crippen LogP contribution < -0.4 is 0 Å². The fraction of sp³-hybridized carbons (Fsp3) is 0.333. The summed E-state index contributed by atoms with van der Waals surface area (Å²) in [5.74, 6) is 5.61. The number of thiophene rings is 1. The second-order valence-electron chi connectivity index (χ2n) is 2.43. The first kappa shape index (κ1) is 11.3. The van der Waals surface area contributed by atoms with Crippen LogP contribution in [0.3, 0.4) is 0 Å². The maximum atomic E-state index is 9.70. The first-order valence-electron chi connectivity index (χ1n) is 3.67. The number of aliphatic hydroxyl groups is 1. The molecule has 0 radical (unpaired) electrons. The molecule has 0 amide bonds. The van der Waals surface area contributed by atoms with Gasteiger partial charge in [0.05, 0.1) is 13.7 Å². The number of halogens is 2. The Morgan fingerprint density at radius 1 is 1.62 bits per heavy atom. The van der Waals surface area contributed by atoms with Crippen molar-refractivity contribution in [3.8, 4) is 11.8 Å². The van der Waals surface area contributed by atoms with Crippen LogP contribution in [0.4, 0.5) is 0 Å². The second kappa shape index (κ2) is 5.16. The van der Waals surface area contributed by atoms with Gasteiger partial charge in [-0.15, -0.1) is 23.2 Å². The van der Waals surface area contributed by atoms with Crippen LogP contribution >= 0.6 is 43.2 Å². The minimum absolute atomic E-state index is 0.484. The fourth-order valence-corrected chi connectivity index (χ4v) is 3.84. The Kier molecular flexibility index (Phi) is 4.47. The van der Waals surface area contributed by atoms with E-state index in [0.29, 0.717) is 6.42 Å². The standard InChI is InChI=1S/C9H8Br2OS/c1-2-3-4-7(12)6-5-8(10)13-9(6)11/h5,7,12H,4H2,1H3. The van der Waals surface area contributed by atoms with Crippen LogP contribution in [0.2, 0.25) is 0 Å². The molecule has 0 aliphatic heterocycles. The van der Waals surface area contributed by atoms with E-state index in [1.165, 1.54) is 0 Å². The summed E-state index contributed by atoms with van der Waals surface area (Å²) in [5.41, 5.74) is 0.902. The molecule has 1 nitrogen and oxygen atoms in total. The van der Waals surface area contributed by atoms with Gasteiger partial charge in [-0.3, -0.25) is 0 Å². The molecule has 13 heavy (non-hydrogen) atoms. The second-order valence-corrected chi connectivity index (χ2v) is 6.18. The normalized spacial score (nSPS) is 12.0. The van der Waals surface area contributed by atoms with Crippen LogP contribution in [0.1, 0.15) is 25.0 Å². The molecule has 0 bridgehead atoms. The number of hydrogen-bond donors (Lipinski definition) is 1. The summed E-state index contributed by atoms with van der Waals surface area (Å²) in [5, 5.41) is 9.70. The van der Waals surface area contributed by atoms with Gasteiger partial charge in [0.15, 0.2) is 0 Å². The molecule has 0 aromatic carbocycles. The number of aliphatic hydroxyl groups excluding tert-OH is 1. The maximum absolute atomic E-state index is 9.70. The predicted molar refractivity (Wildman–Crippen MR) is 62.7 cm³/mol. The van der Waals surface area contributed by atoms with Crippen LogP contribution in [0, 0.1) is 11.8 Å². The van der Waals surface area contributed by atoms with E-state index in [1.807, 2.05) is 6.07 Å². The third kappa shape index (κ3) is 3.10. The highest BCUT2D eigenvalue weighted by Crippen LogP contribution is 2.36.